The zero-order valence-corrected chi connectivity index (χ0v) is 17.2. The molecule has 3 atom stereocenters. The molecule has 0 radical (unpaired) electrons. The second kappa shape index (κ2) is 12.6. The molecule has 0 aromatic rings. The highest BCUT2D eigenvalue weighted by Crippen LogP contribution is 2.25. The normalized spacial score (nSPS) is 16.5. The molecule has 0 amide bonds. The lowest BCUT2D eigenvalue weighted by Gasteiger charge is -2.26. The molecular weight excluding hydrogens is 296 g/mol. The Morgan fingerprint density at radius 1 is 0.958 bits per heavy atom. The number of hydrogen-bond acceptors (Lipinski definition) is 2. The van der Waals surface area contributed by atoms with E-state index in [1.807, 2.05) is 6.92 Å². The number of hydrogen-bond donors (Lipinski definition) is 0. The second-order valence-corrected chi connectivity index (χ2v) is 8.47. The average Bonchev–Trinajstić information content (AvgIpc) is 2.46. The molecule has 0 saturated carbocycles. The molecule has 24 heavy (non-hydrogen) atoms. The Hall–Kier alpha value is -0.790. The van der Waals surface area contributed by atoms with E-state index in [0.29, 0.717) is 0 Å². The first-order valence-corrected chi connectivity index (χ1v) is 10.0. The Labute approximate surface area is 151 Å². The van der Waals surface area contributed by atoms with Crippen LogP contribution in [0, 0.1) is 17.8 Å². The van der Waals surface area contributed by atoms with Crippen molar-refractivity contribution in [3.8, 4) is 0 Å². The zero-order chi connectivity index (χ0) is 18.6. The molecule has 0 aliphatic carbocycles. The monoisotopic (exact) mass is 338 g/mol. The summed E-state index contributed by atoms with van der Waals surface area (Å²) in [4.78, 5) is 11.2. The number of esters is 1. The quantitative estimate of drug-likeness (QED) is 0.253. The third kappa shape index (κ3) is 12.6. The second-order valence-electron chi connectivity index (χ2n) is 8.47. The summed E-state index contributed by atoms with van der Waals surface area (Å²) in [5, 5.41) is 0. The zero-order valence-electron chi connectivity index (χ0n) is 17.2. The Balaban J connectivity index is 3.80. The topological polar surface area (TPSA) is 26.3 Å². The SMILES string of the molecule is C=CC(C)(CCCC(C)CCCC(C)CCCC(C)C)OC(C)=O. The van der Waals surface area contributed by atoms with Crippen LogP contribution >= 0.6 is 0 Å². The molecule has 142 valence electrons. The number of carbonyl (C=O) groups excluding carboxylic acids is 1. The summed E-state index contributed by atoms with van der Waals surface area (Å²) in [6.45, 7) is 16.6. The van der Waals surface area contributed by atoms with Gasteiger partial charge in [-0.3, -0.25) is 4.79 Å². The molecule has 0 rings (SSSR count). The molecule has 2 nitrogen and oxygen atoms in total. The Bertz CT molecular complexity index is 348. The summed E-state index contributed by atoms with van der Waals surface area (Å²) in [5.74, 6) is 2.23. The summed E-state index contributed by atoms with van der Waals surface area (Å²) >= 11 is 0. The molecule has 0 aliphatic heterocycles. The van der Waals surface area contributed by atoms with E-state index in [4.69, 9.17) is 4.74 Å². The van der Waals surface area contributed by atoms with Crippen molar-refractivity contribution >= 4 is 5.97 Å². The van der Waals surface area contributed by atoms with E-state index >= 15 is 0 Å². The van der Waals surface area contributed by atoms with Crippen LogP contribution in [0.3, 0.4) is 0 Å². The van der Waals surface area contributed by atoms with Gasteiger partial charge in [0.15, 0.2) is 0 Å². The van der Waals surface area contributed by atoms with Gasteiger partial charge in [-0.05, 0) is 43.6 Å². The van der Waals surface area contributed by atoms with E-state index in [-0.39, 0.29) is 5.97 Å². The maximum atomic E-state index is 11.2. The average molecular weight is 339 g/mol. The van der Waals surface area contributed by atoms with Crippen LogP contribution in [0.25, 0.3) is 0 Å². The van der Waals surface area contributed by atoms with Gasteiger partial charge in [0.05, 0.1) is 0 Å². The third-order valence-electron chi connectivity index (χ3n) is 5.05. The molecule has 0 aliphatic rings. The number of carbonyl (C=O) groups is 1. The van der Waals surface area contributed by atoms with Crippen molar-refractivity contribution in [1.29, 1.82) is 0 Å². The number of rotatable bonds is 14. The van der Waals surface area contributed by atoms with E-state index in [1.165, 1.54) is 51.9 Å². The van der Waals surface area contributed by atoms with Crippen LogP contribution < -0.4 is 0 Å². The van der Waals surface area contributed by atoms with E-state index in [0.717, 1.165) is 30.6 Å². The smallest absolute Gasteiger partial charge is 0.303 e. The van der Waals surface area contributed by atoms with Gasteiger partial charge in [-0.1, -0.05) is 79.2 Å². The van der Waals surface area contributed by atoms with E-state index in [2.05, 4.69) is 34.3 Å². The minimum atomic E-state index is -0.503. The fraction of sp³-hybridized carbons (Fsp3) is 0.864. The number of ether oxygens (including phenoxy) is 1. The van der Waals surface area contributed by atoms with Gasteiger partial charge in [-0.15, -0.1) is 0 Å². The van der Waals surface area contributed by atoms with E-state index in [9.17, 15) is 4.79 Å². The van der Waals surface area contributed by atoms with Crippen molar-refractivity contribution in [3.05, 3.63) is 12.7 Å². The summed E-state index contributed by atoms with van der Waals surface area (Å²) in [6, 6.07) is 0. The first kappa shape index (κ1) is 23.2. The van der Waals surface area contributed by atoms with Crippen LogP contribution in [-0.4, -0.2) is 11.6 Å². The minimum Gasteiger partial charge on any atom is -0.455 e. The fourth-order valence-electron chi connectivity index (χ4n) is 3.30. The Morgan fingerprint density at radius 3 is 1.83 bits per heavy atom. The van der Waals surface area contributed by atoms with E-state index in [1.54, 1.807) is 6.08 Å². The summed E-state index contributed by atoms with van der Waals surface area (Å²) < 4.78 is 5.38. The van der Waals surface area contributed by atoms with Gasteiger partial charge in [0.1, 0.15) is 5.60 Å². The lowest BCUT2D eigenvalue weighted by atomic mass is 9.90. The largest absolute Gasteiger partial charge is 0.455 e. The molecule has 3 unspecified atom stereocenters. The Morgan fingerprint density at radius 2 is 1.42 bits per heavy atom. The van der Waals surface area contributed by atoms with Crippen LogP contribution in [-0.2, 0) is 9.53 Å². The van der Waals surface area contributed by atoms with Crippen LogP contribution in [0.15, 0.2) is 12.7 Å². The Kier molecular flexibility index (Phi) is 12.1. The fourth-order valence-corrected chi connectivity index (χ4v) is 3.30. The third-order valence-corrected chi connectivity index (χ3v) is 5.05. The first-order chi connectivity index (χ1) is 11.2. The van der Waals surface area contributed by atoms with Gasteiger partial charge in [0.25, 0.3) is 0 Å². The van der Waals surface area contributed by atoms with Crippen molar-refractivity contribution in [2.75, 3.05) is 0 Å². The van der Waals surface area contributed by atoms with Gasteiger partial charge < -0.3 is 4.74 Å². The van der Waals surface area contributed by atoms with Gasteiger partial charge in [0.2, 0.25) is 0 Å². The molecule has 2 heteroatoms. The van der Waals surface area contributed by atoms with E-state index < -0.39 is 5.60 Å². The first-order valence-electron chi connectivity index (χ1n) is 10.0. The summed E-state index contributed by atoms with van der Waals surface area (Å²) in [5.41, 5.74) is -0.503. The van der Waals surface area contributed by atoms with Gasteiger partial charge >= 0.3 is 5.97 Å². The molecule has 0 aromatic carbocycles. The molecule has 0 aromatic heterocycles. The van der Waals surface area contributed by atoms with Crippen molar-refractivity contribution < 1.29 is 9.53 Å². The highest BCUT2D eigenvalue weighted by Gasteiger charge is 2.23. The minimum absolute atomic E-state index is 0.225. The van der Waals surface area contributed by atoms with Crippen LogP contribution in [0.4, 0.5) is 0 Å². The highest BCUT2D eigenvalue weighted by atomic mass is 16.6. The molecule has 0 saturated heterocycles. The molecule has 0 bridgehead atoms. The van der Waals surface area contributed by atoms with Crippen LogP contribution in [0.2, 0.25) is 0 Å². The lowest BCUT2D eigenvalue weighted by molar-refractivity contribution is -0.151. The standard InChI is InChI=1S/C22H42O2/c1-8-22(7,24-21(6)23)17-11-16-20(5)15-10-14-19(4)13-9-12-18(2)3/h8,18-20H,1,9-17H2,2-7H3. The summed E-state index contributed by atoms with van der Waals surface area (Å²) in [7, 11) is 0. The maximum absolute atomic E-state index is 11.2. The highest BCUT2D eigenvalue weighted by molar-refractivity contribution is 5.66. The predicted octanol–water partition coefficient (Wildman–Crippen LogP) is 6.93. The van der Waals surface area contributed by atoms with Gasteiger partial charge in [-0.25, -0.2) is 0 Å². The van der Waals surface area contributed by atoms with Crippen LogP contribution in [0.5, 0.6) is 0 Å². The molecule has 0 heterocycles. The maximum Gasteiger partial charge on any atom is 0.303 e. The molecule has 0 N–H and O–H groups in total. The lowest BCUT2D eigenvalue weighted by Crippen LogP contribution is -2.28. The van der Waals surface area contributed by atoms with Crippen molar-refractivity contribution in [3.63, 3.8) is 0 Å². The van der Waals surface area contributed by atoms with Crippen molar-refractivity contribution in [1.82, 2.24) is 0 Å². The predicted molar refractivity (Wildman–Crippen MR) is 105 cm³/mol. The molecule has 0 fully saturated rings. The van der Waals surface area contributed by atoms with Crippen molar-refractivity contribution in [2.45, 2.75) is 105 Å². The van der Waals surface area contributed by atoms with Gasteiger partial charge in [0, 0.05) is 6.92 Å². The molecular formula is C22H42O2. The van der Waals surface area contributed by atoms with Crippen LogP contribution in [0.1, 0.15) is 99.3 Å². The van der Waals surface area contributed by atoms with Gasteiger partial charge in [-0.2, -0.15) is 0 Å². The summed E-state index contributed by atoms with van der Waals surface area (Å²) in [6.07, 6.45) is 13.1. The molecule has 0 spiro atoms. The van der Waals surface area contributed by atoms with Crippen molar-refractivity contribution in [2.24, 2.45) is 17.8 Å².